The zero-order valence-corrected chi connectivity index (χ0v) is 12.8. The monoisotopic (exact) mass is 292 g/mol. The maximum atomic E-state index is 5.28. The molecule has 0 saturated heterocycles. The van der Waals surface area contributed by atoms with Crippen LogP contribution in [0.1, 0.15) is 24.4 Å². The van der Waals surface area contributed by atoms with Crippen molar-refractivity contribution in [1.82, 2.24) is 20.5 Å². The van der Waals surface area contributed by atoms with Gasteiger partial charge in [0, 0.05) is 11.8 Å². The van der Waals surface area contributed by atoms with E-state index in [4.69, 9.17) is 4.74 Å². The zero-order chi connectivity index (χ0) is 14.4. The van der Waals surface area contributed by atoms with Crippen molar-refractivity contribution in [2.45, 2.75) is 25.0 Å². The number of H-pyrrole nitrogens is 1. The Hall–Kier alpha value is -1.53. The van der Waals surface area contributed by atoms with Gasteiger partial charge in [-0.25, -0.2) is 4.98 Å². The van der Waals surface area contributed by atoms with Crippen LogP contribution in [0, 0.1) is 6.92 Å². The second kappa shape index (κ2) is 7.31. The Morgan fingerprint density at radius 2 is 2.30 bits per heavy atom. The second-order valence-corrected chi connectivity index (χ2v) is 5.39. The van der Waals surface area contributed by atoms with Crippen molar-refractivity contribution < 1.29 is 4.74 Å². The highest BCUT2D eigenvalue weighted by Gasteiger charge is 2.13. The maximum absolute atomic E-state index is 5.28. The van der Waals surface area contributed by atoms with Gasteiger partial charge in [0.2, 0.25) is 5.16 Å². The number of thioether (sulfide) groups is 1. The van der Waals surface area contributed by atoms with E-state index in [9.17, 15) is 0 Å². The molecule has 20 heavy (non-hydrogen) atoms. The third-order valence-corrected chi connectivity index (χ3v) is 3.84. The third-order valence-electron chi connectivity index (χ3n) is 2.90. The topological polar surface area (TPSA) is 62.8 Å². The molecule has 5 nitrogen and oxygen atoms in total. The lowest BCUT2D eigenvalue weighted by atomic mass is 10.1. The minimum absolute atomic E-state index is 0.249. The summed E-state index contributed by atoms with van der Waals surface area (Å²) >= 11 is 1.64. The summed E-state index contributed by atoms with van der Waals surface area (Å²) < 4.78 is 5.28. The number of benzene rings is 1. The molecule has 1 heterocycles. The molecular formula is C14H20N4OS. The molecule has 0 saturated carbocycles. The standard InChI is InChI=1S/C14H20N4OS/c1-4-15-13(9-20-14-16-10(2)17-18-14)11-6-5-7-12(8-11)19-3/h5-8,13,15H,4,9H2,1-3H3,(H,16,17,18). The summed E-state index contributed by atoms with van der Waals surface area (Å²) in [7, 11) is 1.69. The highest BCUT2D eigenvalue weighted by Crippen LogP contribution is 2.24. The lowest BCUT2D eigenvalue weighted by molar-refractivity contribution is 0.413. The van der Waals surface area contributed by atoms with Crippen molar-refractivity contribution in [3.63, 3.8) is 0 Å². The Morgan fingerprint density at radius 1 is 1.45 bits per heavy atom. The first-order valence-corrected chi connectivity index (χ1v) is 7.60. The zero-order valence-electron chi connectivity index (χ0n) is 12.0. The molecule has 0 aliphatic rings. The summed E-state index contributed by atoms with van der Waals surface area (Å²) in [5, 5.41) is 11.3. The molecular weight excluding hydrogens is 272 g/mol. The quantitative estimate of drug-likeness (QED) is 0.768. The molecule has 1 unspecified atom stereocenters. The number of rotatable bonds is 7. The smallest absolute Gasteiger partial charge is 0.208 e. The number of aromatic amines is 1. The normalized spacial score (nSPS) is 12.3. The molecule has 6 heteroatoms. The first-order valence-electron chi connectivity index (χ1n) is 6.62. The van der Waals surface area contributed by atoms with Crippen molar-refractivity contribution >= 4 is 11.8 Å². The van der Waals surface area contributed by atoms with E-state index in [0.717, 1.165) is 29.0 Å². The average molecular weight is 292 g/mol. The van der Waals surface area contributed by atoms with Gasteiger partial charge >= 0.3 is 0 Å². The van der Waals surface area contributed by atoms with Crippen LogP contribution in [0.3, 0.4) is 0 Å². The maximum Gasteiger partial charge on any atom is 0.208 e. The van der Waals surface area contributed by atoms with Crippen LogP contribution in [-0.2, 0) is 0 Å². The lowest BCUT2D eigenvalue weighted by Crippen LogP contribution is -2.23. The van der Waals surface area contributed by atoms with E-state index in [1.165, 1.54) is 5.56 Å². The van der Waals surface area contributed by atoms with Crippen LogP contribution in [-0.4, -0.2) is 34.6 Å². The van der Waals surface area contributed by atoms with Crippen LogP contribution in [0.25, 0.3) is 0 Å². The summed E-state index contributed by atoms with van der Waals surface area (Å²) in [4.78, 5) is 4.31. The number of hydrogen-bond donors (Lipinski definition) is 2. The van der Waals surface area contributed by atoms with Crippen LogP contribution in [0.4, 0.5) is 0 Å². The molecule has 0 aliphatic heterocycles. The van der Waals surface area contributed by atoms with Gasteiger partial charge in [-0.3, -0.25) is 5.10 Å². The molecule has 1 atom stereocenters. The first-order chi connectivity index (χ1) is 9.72. The Bertz CT molecular complexity index is 543. The number of nitrogens with zero attached hydrogens (tertiary/aromatic N) is 2. The summed E-state index contributed by atoms with van der Waals surface area (Å²) in [5.41, 5.74) is 1.21. The molecule has 0 aliphatic carbocycles. The van der Waals surface area contributed by atoms with Gasteiger partial charge in [0.1, 0.15) is 11.6 Å². The molecule has 1 aromatic heterocycles. The van der Waals surface area contributed by atoms with Gasteiger partial charge in [0.25, 0.3) is 0 Å². The Balaban J connectivity index is 2.05. The Labute approximate surface area is 123 Å². The molecule has 108 valence electrons. The van der Waals surface area contributed by atoms with Gasteiger partial charge in [-0.2, -0.15) is 0 Å². The van der Waals surface area contributed by atoms with E-state index < -0.39 is 0 Å². The highest BCUT2D eigenvalue weighted by molar-refractivity contribution is 7.99. The van der Waals surface area contributed by atoms with Gasteiger partial charge in [-0.1, -0.05) is 30.8 Å². The summed E-state index contributed by atoms with van der Waals surface area (Å²) in [6.07, 6.45) is 0. The molecule has 0 amide bonds. The lowest BCUT2D eigenvalue weighted by Gasteiger charge is -2.17. The fraction of sp³-hybridized carbons (Fsp3) is 0.429. The van der Waals surface area contributed by atoms with Gasteiger partial charge < -0.3 is 10.1 Å². The number of aromatic nitrogens is 3. The molecule has 0 spiro atoms. The molecule has 2 rings (SSSR count). The Kier molecular flexibility index (Phi) is 5.43. The number of ether oxygens (including phenoxy) is 1. The second-order valence-electron chi connectivity index (χ2n) is 4.40. The van der Waals surface area contributed by atoms with Crippen LogP contribution in [0.5, 0.6) is 5.75 Å². The fourth-order valence-corrected chi connectivity index (χ4v) is 2.86. The summed E-state index contributed by atoms with van der Waals surface area (Å²) in [5.74, 6) is 2.59. The molecule has 0 fully saturated rings. The fourth-order valence-electron chi connectivity index (χ4n) is 1.92. The van der Waals surface area contributed by atoms with E-state index in [0.29, 0.717) is 0 Å². The van der Waals surface area contributed by atoms with Crippen molar-refractivity contribution in [1.29, 1.82) is 0 Å². The van der Waals surface area contributed by atoms with Crippen LogP contribution >= 0.6 is 11.8 Å². The van der Waals surface area contributed by atoms with E-state index >= 15 is 0 Å². The largest absolute Gasteiger partial charge is 0.497 e. The number of methoxy groups -OCH3 is 1. The van der Waals surface area contributed by atoms with Gasteiger partial charge in [-0.15, -0.1) is 5.10 Å². The van der Waals surface area contributed by atoms with Crippen molar-refractivity contribution in [3.05, 3.63) is 35.7 Å². The van der Waals surface area contributed by atoms with E-state index in [1.54, 1.807) is 18.9 Å². The number of hydrogen-bond acceptors (Lipinski definition) is 5. The minimum Gasteiger partial charge on any atom is -0.497 e. The van der Waals surface area contributed by atoms with Crippen molar-refractivity contribution in [2.75, 3.05) is 19.4 Å². The van der Waals surface area contributed by atoms with Crippen LogP contribution in [0.15, 0.2) is 29.4 Å². The summed E-state index contributed by atoms with van der Waals surface area (Å²) in [6.45, 7) is 4.92. The van der Waals surface area contributed by atoms with E-state index in [2.05, 4.69) is 39.6 Å². The van der Waals surface area contributed by atoms with Crippen molar-refractivity contribution in [2.24, 2.45) is 0 Å². The van der Waals surface area contributed by atoms with Gasteiger partial charge in [-0.05, 0) is 31.2 Å². The number of aryl methyl sites for hydroxylation is 1. The van der Waals surface area contributed by atoms with E-state index in [-0.39, 0.29) is 6.04 Å². The minimum atomic E-state index is 0.249. The molecule has 0 bridgehead atoms. The molecule has 2 N–H and O–H groups in total. The molecule has 1 aromatic carbocycles. The van der Waals surface area contributed by atoms with Gasteiger partial charge in [0.05, 0.1) is 7.11 Å². The van der Waals surface area contributed by atoms with E-state index in [1.807, 2.05) is 19.1 Å². The third kappa shape index (κ3) is 3.98. The molecule has 2 aromatic rings. The Morgan fingerprint density at radius 3 is 2.95 bits per heavy atom. The van der Waals surface area contributed by atoms with Crippen molar-refractivity contribution in [3.8, 4) is 5.75 Å². The summed E-state index contributed by atoms with van der Waals surface area (Å²) in [6, 6.07) is 8.40. The van der Waals surface area contributed by atoms with Gasteiger partial charge in [0.15, 0.2) is 0 Å². The predicted octanol–water partition coefficient (Wildman–Crippen LogP) is 2.56. The van der Waals surface area contributed by atoms with Crippen LogP contribution < -0.4 is 10.1 Å². The highest BCUT2D eigenvalue weighted by atomic mass is 32.2. The average Bonchev–Trinajstić information content (AvgIpc) is 2.89. The predicted molar refractivity (Wildman–Crippen MR) is 81.3 cm³/mol. The first kappa shape index (κ1) is 14.9. The van der Waals surface area contributed by atoms with Crippen LogP contribution in [0.2, 0.25) is 0 Å². The number of nitrogens with one attached hydrogen (secondary N) is 2. The SMILES string of the molecule is CCNC(CSc1n[nH]c(C)n1)c1cccc(OC)c1. The molecule has 0 radical (unpaired) electrons.